The lowest BCUT2D eigenvalue weighted by atomic mass is 9.77. The van der Waals surface area contributed by atoms with E-state index >= 15 is 0 Å². The molecule has 2 rings (SSSR count). The Bertz CT molecular complexity index is 415. The van der Waals surface area contributed by atoms with Gasteiger partial charge in [-0.2, -0.15) is 0 Å². The van der Waals surface area contributed by atoms with E-state index in [1.807, 2.05) is 0 Å². The molecular weight excluding hydrogens is 228 g/mol. The lowest BCUT2D eigenvalue weighted by molar-refractivity contribution is -0.121. The summed E-state index contributed by atoms with van der Waals surface area (Å²) >= 11 is 0. The standard InChI is InChI=1S/C15H20O3/c1-4-5-12-9-15(7-6-11(2)3)14(8-13(12)16)17-10-18-15/h4,6,8,12H,1,5,7,9-10H2,2-3H3/t12-,15-/m1/s1. The van der Waals surface area contributed by atoms with Gasteiger partial charge in [-0.3, -0.25) is 4.79 Å². The van der Waals surface area contributed by atoms with Gasteiger partial charge < -0.3 is 9.47 Å². The summed E-state index contributed by atoms with van der Waals surface area (Å²) in [7, 11) is 0. The number of carbonyl (C=O) groups is 1. The molecule has 0 amide bonds. The molecular formula is C15H20O3. The van der Waals surface area contributed by atoms with E-state index in [4.69, 9.17) is 9.47 Å². The van der Waals surface area contributed by atoms with Crippen LogP contribution >= 0.6 is 0 Å². The molecule has 0 bridgehead atoms. The molecule has 0 N–H and O–H groups in total. The van der Waals surface area contributed by atoms with Crippen molar-refractivity contribution in [2.45, 2.75) is 38.7 Å². The lowest BCUT2D eigenvalue weighted by Gasteiger charge is -2.32. The minimum atomic E-state index is -0.432. The molecule has 3 nitrogen and oxygen atoms in total. The summed E-state index contributed by atoms with van der Waals surface area (Å²) in [5.74, 6) is 0.798. The highest BCUT2D eigenvalue weighted by Gasteiger charge is 2.47. The number of hydrogen-bond donors (Lipinski definition) is 0. The molecule has 0 aromatic rings. The molecule has 0 saturated carbocycles. The van der Waals surface area contributed by atoms with E-state index in [0.717, 1.165) is 6.42 Å². The quantitative estimate of drug-likeness (QED) is 0.717. The maximum Gasteiger partial charge on any atom is 0.189 e. The van der Waals surface area contributed by atoms with Crippen LogP contribution < -0.4 is 0 Å². The fourth-order valence-corrected chi connectivity index (χ4v) is 2.50. The van der Waals surface area contributed by atoms with Crippen molar-refractivity contribution in [1.29, 1.82) is 0 Å². The summed E-state index contributed by atoms with van der Waals surface area (Å²) in [5, 5.41) is 0. The minimum absolute atomic E-state index is 0.0292. The average molecular weight is 248 g/mol. The zero-order chi connectivity index (χ0) is 13.2. The lowest BCUT2D eigenvalue weighted by Crippen LogP contribution is -2.38. The van der Waals surface area contributed by atoms with Gasteiger partial charge in [-0.25, -0.2) is 0 Å². The smallest absolute Gasteiger partial charge is 0.189 e. The van der Waals surface area contributed by atoms with Gasteiger partial charge in [0.25, 0.3) is 0 Å². The molecule has 0 aromatic heterocycles. The summed E-state index contributed by atoms with van der Waals surface area (Å²) in [5.41, 5.74) is 0.815. The van der Waals surface area contributed by atoms with Gasteiger partial charge in [0.2, 0.25) is 0 Å². The number of allylic oxidation sites excluding steroid dienone is 3. The van der Waals surface area contributed by atoms with Crippen LogP contribution in [0.25, 0.3) is 0 Å². The van der Waals surface area contributed by atoms with Gasteiger partial charge in [-0.05, 0) is 26.7 Å². The first-order valence-corrected chi connectivity index (χ1v) is 6.34. The van der Waals surface area contributed by atoms with Crippen LogP contribution in [0.5, 0.6) is 0 Å². The van der Waals surface area contributed by atoms with Crippen LogP contribution in [0.1, 0.15) is 33.1 Å². The van der Waals surface area contributed by atoms with E-state index in [-0.39, 0.29) is 18.5 Å². The fourth-order valence-electron chi connectivity index (χ4n) is 2.50. The molecule has 0 unspecified atom stereocenters. The Balaban J connectivity index is 2.26. The summed E-state index contributed by atoms with van der Waals surface area (Å²) in [6.45, 7) is 8.08. The Labute approximate surface area is 108 Å². The highest BCUT2D eigenvalue weighted by molar-refractivity contribution is 5.93. The molecule has 0 radical (unpaired) electrons. The Morgan fingerprint density at radius 1 is 1.61 bits per heavy atom. The number of carbonyl (C=O) groups excluding carboxylic acids is 1. The Morgan fingerprint density at radius 3 is 3.06 bits per heavy atom. The van der Waals surface area contributed by atoms with Crippen molar-refractivity contribution in [3.05, 3.63) is 36.1 Å². The third-order valence-corrected chi connectivity index (χ3v) is 3.54. The Hall–Kier alpha value is -1.35. The molecule has 2 atom stereocenters. The van der Waals surface area contributed by atoms with Crippen molar-refractivity contribution in [3.8, 4) is 0 Å². The molecule has 1 saturated heterocycles. The number of fused-ring (bicyclic) bond motifs is 1. The minimum Gasteiger partial charge on any atom is -0.469 e. The third-order valence-electron chi connectivity index (χ3n) is 3.54. The van der Waals surface area contributed by atoms with Crippen LogP contribution in [0.3, 0.4) is 0 Å². The Morgan fingerprint density at radius 2 is 2.39 bits per heavy atom. The topological polar surface area (TPSA) is 35.5 Å². The third kappa shape index (κ3) is 2.41. The monoisotopic (exact) mass is 248 g/mol. The van der Waals surface area contributed by atoms with Crippen molar-refractivity contribution >= 4 is 5.78 Å². The normalized spacial score (nSPS) is 30.2. The highest BCUT2D eigenvalue weighted by Crippen LogP contribution is 2.43. The first-order chi connectivity index (χ1) is 8.57. The van der Waals surface area contributed by atoms with Crippen LogP contribution in [0.4, 0.5) is 0 Å². The van der Waals surface area contributed by atoms with Crippen molar-refractivity contribution in [1.82, 2.24) is 0 Å². The summed E-state index contributed by atoms with van der Waals surface area (Å²) in [6, 6.07) is 0. The second-order valence-corrected chi connectivity index (χ2v) is 5.22. The van der Waals surface area contributed by atoms with E-state index in [2.05, 4.69) is 26.5 Å². The van der Waals surface area contributed by atoms with Crippen LogP contribution in [-0.2, 0) is 14.3 Å². The van der Waals surface area contributed by atoms with Crippen LogP contribution in [0.15, 0.2) is 36.1 Å². The van der Waals surface area contributed by atoms with Gasteiger partial charge in [0.15, 0.2) is 12.6 Å². The number of ketones is 1. The molecule has 98 valence electrons. The fraction of sp³-hybridized carbons (Fsp3) is 0.533. The summed E-state index contributed by atoms with van der Waals surface area (Å²) in [4.78, 5) is 11.9. The predicted octanol–water partition coefficient (Wildman–Crippen LogP) is 3.13. The van der Waals surface area contributed by atoms with Crippen molar-refractivity contribution in [2.24, 2.45) is 5.92 Å². The predicted molar refractivity (Wildman–Crippen MR) is 69.8 cm³/mol. The molecule has 3 heteroatoms. The maximum atomic E-state index is 11.9. The van der Waals surface area contributed by atoms with Gasteiger partial charge >= 0.3 is 0 Å². The maximum absolute atomic E-state index is 11.9. The van der Waals surface area contributed by atoms with Gasteiger partial charge in [0.05, 0.1) is 0 Å². The van der Waals surface area contributed by atoms with E-state index in [9.17, 15) is 4.79 Å². The number of rotatable bonds is 4. The van der Waals surface area contributed by atoms with Gasteiger partial charge in [-0.1, -0.05) is 17.7 Å². The van der Waals surface area contributed by atoms with E-state index in [0.29, 0.717) is 18.6 Å². The van der Waals surface area contributed by atoms with Crippen molar-refractivity contribution < 1.29 is 14.3 Å². The SMILES string of the molecule is C=CC[C@@H]1C[C@@]2(CC=C(C)C)OCOC2=CC1=O. The molecule has 0 spiro atoms. The zero-order valence-corrected chi connectivity index (χ0v) is 11.1. The first-order valence-electron chi connectivity index (χ1n) is 6.34. The molecule has 18 heavy (non-hydrogen) atoms. The summed E-state index contributed by atoms with van der Waals surface area (Å²) in [6.07, 6.45) is 7.71. The molecule has 0 aromatic carbocycles. The molecule has 1 aliphatic heterocycles. The van der Waals surface area contributed by atoms with Gasteiger partial charge in [0, 0.05) is 18.4 Å². The molecule has 2 aliphatic rings. The Kier molecular flexibility index (Phi) is 3.71. The van der Waals surface area contributed by atoms with Crippen molar-refractivity contribution in [3.63, 3.8) is 0 Å². The van der Waals surface area contributed by atoms with E-state index in [1.165, 1.54) is 5.57 Å². The van der Waals surface area contributed by atoms with Gasteiger partial charge in [0.1, 0.15) is 11.4 Å². The first kappa shape index (κ1) is 13.1. The van der Waals surface area contributed by atoms with Crippen molar-refractivity contribution in [2.75, 3.05) is 6.79 Å². The van der Waals surface area contributed by atoms with E-state index < -0.39 is 5.60 Å². The molecule has 1 heterocycles. The van der Waals surface area contributed by atoms with Gasteiger partial charge in [-0.15, -0.1) is 6.58 Å². The number of hydrogen-bond acceptors (Lipinski definition) is 3. The summed E-state index contributed by atoms with van der Waals surface area (Å²) < 4.78 is 11.3. The van der Waals surface area contributed by atoms with Crippen LogP contribution in [-0.4, -0.2) is 18.2 Å². The van der Waals surface area contributed by atoms with Crippen LogP contribution in [0.2, 0.25) is 0 Å². The number of ether oxygens (including phenoxy) is 2. The highest BCUT2D eigenvalue weighted by atomic mass is 16.7. The second-order valence-electron chi connectivity index (χ2n) is 5.22. The van der Waals surface area contributed by atoms with Crippen LogP contribution in [0, 0.1) is 5.92 Å². The second kappa shape index (κ2) is 5.11. The zero-order valence-electron chi connectivity index (χ0n) is 11.1. The average Bonchev–Trinajstić information content (AvgIpc) is 2.71. The van der Waals surface area contributed by atoms with E-state index in [1.54, 1.807) is 12.2 Å². The largest absolute Gasteiger partial charge is 0.469 e. The molecule has 1 aliphatic carbocycles. The molecule has 1 fully saturated rings.